The lowest BCUT2D eigenvalue weighted by molar-refractivity contribution is 0.0775. The molecule has 4 heteroatoms. The van der Waals surface area contributed by atoms with Crippen molar-refractivity contribution in [2.45, 2.75) is 0 Å². The van der Waals surface area contributed by atoms with Crippen LogP contribution >= 0.6 is 0 Å². The lowest BCUT2D eigenvalue weighted by Crippen LogP contribution is -2.31. The van der Waals surface area contributed by atoms with E-state index in [1.807, 2.05) is 66.7 Å². The molecule has 0 fully saturated rings. The summed E-state index contributed by atoms with van der Waals surface area (Å²) in [6, 6.07) is 21.1. The summed E-state index contributed by atoms with van der Waals surface area (Å²) in [6.45, 7) is 0.938. The molecule has 3 aromatic rings. The van der Waals surface area contributed by atoms with E-state index in [0.29, 0.717) is 18.7 Å². The molecule has 1 amide bonds. The summed E-state index contributed by atoms with van der Waals surface area (Å²) in [5, 5.41) is 2.04. The SMILES string of the molecule is COc1ccc(OCCN(C)C(=O)c2cccc3ccccc23)cc1. The second-order valence-corrected chi connectivity index (χ2v) is 5.78. The van der Waals surface area contributed by atoms with Gasteiger partial charge in [-0.1, -0.05) is 36.4 Å². The molecule has 3 aromatic carbocycles. The molecule has 0 saturated heterocycles. The lowest BCUT2D eigenvalue weighted by atomic mass is 10.0. The maximum absolute atomic E-state index is 12.7. The smallest absolute Gasteiger partial charge is 0.254 e. The van der Waals surface area contributed by atoms with E-state index >= 15 is 0 Å². The predicted molar refractivity (Wildman–Crippen MR) is 99.4 cm³/mol. The number of amides is 1. The Hall–Kier alpha value is -3.01. The molecule has 3 rings (SSSR count). The van der Waals surface area contributed by atoms with Gasteiger partial charge in [0.25, 0.3) is 5.91 Å². The quantitative estimate of drug-likeness (QED) is 0.683. The molecule has 0 unspecified atom stereocenters. The van der Waals surface area contributed by atoms with Crippen molar-refractivity contribution in [2.24, 2.45) is 0 Å². The first-order valence-electron chi connectivity index (χ1n) is 8.19. The van der Waals surface area contributed by atoms with Crippen molar-refractivity contribution in [1.82, 2.24) is 4.90 Å². The number of benzene rings is 3. The van der Waals surface area contributed by atoms with E-state index in [2.05, 4.69) is 0 Å². The van der Waals surface area contributed by atoms with Gasteiger partial charge in [0.2, 0.25) is 0 Å². The highest BCUT2D eigenvalue weighted by Crippen LogP contribution is 2.20. The standard InChI is InChI=1S/C21H21NO3/c1-22(14-15-25-18-12-10-17(24-2)11-13-18)21(23)20-9-5-7-16-6-3-4-8-19(16)20/h3-13H,14-15H2,1-2H3. The Labute approximate surface area is 147 Å². The van der Waals surface area contributed by atoms with Gasteiger partial charge in [-0.3, -0.25) is 4.79 Å². The fourth-order valence-electron chi connectivity index (χ4n) is 2.69. The second-order valence-electron chi connectivity index (χ2n) is 5.78. The Morgan fingerprint density at radius 2 is 1.60 bits per heavy atom. The summed E-state index contributed by atoms with van der Waals surface area (Å²) >= 11 is 0. The number of hydrogen-bond donors (Lipinski definition) is 0. The first-order valence-corrected chi connectivity index (χ1v) is 8.19. The fraction of sp³-hybridized carbons (Fsp3) is 0.190. The third-order valence-corrected chi connectivity index (χ3v) is 4.12. The van der Waals surface area contributed by atoms with Crippen molar-refractivity contribution in [3.63, 3.8) is 0 Å². The number of hydrogen-bond acceptors (Lipinski definition) is 3. The van der Waals surface area contributed by atoms with E-state index < -0.39 is 0 Å². The normalized spacial score (nSPS) is 10.5. The highest BCUT2D eigenvalue weighted by atomic mass is 16.5. The highest BCUT2D eigenvalue weighted by molar-refractivity contribution is 6.06. The average Bonchev–Trinajstić information content (AvgIpc) is 2.67. The van der Waals surface area contributed by atoms with Crippen LogP contribution in [0.2, 0.25) is 0 Å². The molecule has 0 aliphatic rings. The molecule has 0 aromatic heterocycles. The number of carbonyl (C=O) groups is 1. The molecule has 0 saturated carbocycles. The molecular weight excluding hydrogens is 314 g/mol. The summed E-state index contributed by atoms with van der Waals surface area (Å²) < 4.78 is 10.8. The summed E-state index contributed by atoms with van der Waals surface area (Å²) in [5.41, 5.74) is 0.713. The van der Waals surface area contributed by atoms with Crippen LogP contribution in [0.1, 0.15) is 10.4 Å². The molecule has 0 atom stereocenters. The van der Waals surface area contributed by atoms with E-state index in [1.165, 1.54) is 0 Å². The lowest BCUT2D eigenvalue weighted by Gasteiger charge is -2.18. The number of rotatable bonds is 6. The molecule has 0 heterocycles. The summed E-state index contributed by atoms with van der Waals surface area (Å²) in [4.78, 5) is 14.4. The Morgan fingerprint density at radius 1 is 0.920 bits per heavy atom. The zero-order valence-corrected chi connectivity index (χ0v) is 14.4. The van der Waals surface area contributed by atoms with Gasteiger partial charge in [-0.25, -0.2) is 0 Å². The van der Waals surface area contributed by atoms with Gasteiger partial charge in [0, 0.05) is 12.6 Å². The summed E-state index contributed by atoms with van der Waals surface area (Å²) in [7, 11) is 3.42. The zero-order valence-electron chi connectivity index (χ0n) is 14.4. The Bertz CT molecular complexity index is 853. The molecule has 128 valence electrons. The summed E-state index contributed by atoms with van der Waals surface area (Å²) in [6.07, 6.45) is 0. The predicted octanol–water partition coefficient (Wildman–Crippen LogP) is 4.00. The van der Waals surface area contributed by atoms with Gasteiger partial charge in [0.05, 0.1) is 13.7 Å². The molecule has 0 N–H and O–H groups in total. The zero-order chi connectivity index (χ0) is 17.6. The largest absolute Gasteiger partial charge is 0.497 e. The third-order valence-electron chi connectivity index (χ3n) is 4.12. The van der Waals surface area contributed by atoms with Crippen LogP contribution in [0, 0.1) is 0 Å². The van der Waals surface area contributed by atoms with Crippen molar-refractivity contribution in [3.05, 3.63) is 72.3 Å². The van der Waals surface area contributed by atoms with Gasteiger partial charge < -0.3 is 14.4 Å². The molecule has 0 bridgehead atoms. The monoisotopic (exact) mass is 335 g/mol. The average molecular weight is 335 g/mol. The van der Waals surface area contributed by atoms with Crippen molar-refractivity contribution < 1.29 is 14.3 Å². The summed E-state index contributed by atoms with van der Waals surface area (Å²) in [5.74, 6) is 1.54. The van der Waals surface area contributed by atoms with E-state index in [-0.39, 0.29) is 5.91 Å². The topological polar surface area (TPSA) is 38.8 Å². The number of ether oxygens (including phenoxy) is 2. The maximum atomic E-state index is 12.7. The van der Waals surface area contributed by atoms with Gasteiger partial charge in [-0.2, -0.15) is 0 Å². The van der Waals surface area contributed by atoms with Gasteiger partial charge in [-0.05, 0) is 41.1 Å². The Balaban J connectivity index is 1.62. The van der Waals surface area contributed by atoms with Gasteiger partial charge >= 0.3 is 0 Å². The van der Waals surface area contributed by atoms with Crippen LogP contribution in [0.5, 0.6) is 11.5 Å². The Morgan fingerprint density at radius 3 is 2.36 bits per heavy atom. The molecule has 25 heavy (non-hydrogen) atoms. The minimum Gasteiger partial charge on any atom is -0.497 e. The second kappa shape index (κ2) is 7.71. The van der Waals surface area contributed by atoms with Crippen molar-refractivity contribution in [1.29, 1.82) is 0 Å². The van der Waals surface area contributed by atoms with Crippen LogP contribution in [-0.4, -0.2) is 38.1 Å². The molecular formula is C21H21NO3. The molecule has 0 aliphatic heterocycles. The van der Waals surface area contributed by atoms with Crippen molar-refractivity contribution in [2.75, 3.05) is 27.3 Å². The fourth-order valence-corrected chi connectivity index (χ4v) is 2.69. The van der Waals surface area contributed by atoms with Gasteiger partial charge in [0.15, 0.2) is 0 Å². The first-order chi connectivity index (χ1) is 12.2. The number of carbonyl (C=O) groups excluding carboxylic acids is 1. The minimum atomic E-state index is -0.00451. The van der Waals surface area contributed by atoms with E-state index in [9.17, 15) is 4.79 Å². The van der Waals surface area contributed by atoms with Crippen LogP contribution < -0.4 is 9.47 Å². The molecule has 4 nitrogen and oxygen atoms in total. The molecule has 0 aliphatic carbocycles. The Kier molecular flexibility index (Phi) is 5.19. The number of fused-ring (bicyclic) bond motifs is 1. The minimum absolute atomic E-state index is 0.00451. The number of likely N-dealkylation sites (N-methyl/N-ethyl adjacent to an activating group) is 1. The molecule has 0 spiro atoms. The highest BCUT2D eigenvalue weighted by Gasteiger charge is 2.14. The van der Waals surface area contributed by atoms with Crippen LogP contribution in [0.25, 0.3) is 10.8 Å². The van der Waals surface area contributed by atoms with Crippen LogP contribution in [0.4, 0.5) is 0 Å². The van der Waals surface area contributed by atoms with E-state index in [1.54, 1.807) is 19.1 Å². The van der Waals surface area contributed by atoms with Gasteiger partial charge in [-0.15, -0.1) is 0 Å². The van der Waals surface area contributed by atoms with E-state index in [0.717, 1.165) is 22.3 Å². The van der Waals surface area contributed by atoms with Gasteiger partial charge in [0.1, 0.15) is 18.1 Å². The first kappa shape index (κ1) is 16.8. The van der Waals surface area contributed by atoms with Crippen LogP contribution in [0.3, 0.4) is 0 Å². The van der Waals surface area contributed by atoms with E-state index in [4.69, 9.17) is 9.47 Å². The number of methoxy groups -OCH3 is 1. The van der Waals surface area contributed by atoms with Crippen molar-refractivity contribution in [3.8, 4) is 11.5 Å². The number of nitrogens with zero attached hydrogens (tertiary/aromatic N) is 1. The van der Waals surface area contributed by atoms with Crippen LogP contribution in [0.15, 0.2) is 66.7 Å². The molecule has 0 radical (unpaired) electrons. The maximum Gasteiger partial charge on any atom is 0.254 e. The van der Waals surface area contributed by atoms with Crippen LogP contribution in [-0.2, 0) is 0 Å². The third kappa shape index (κ3) is 3.91. The van der Waals surface area contributed by atoms with Crippen molar-refractivity contribution >= 4 is 16.7 Å².